The number of rotatable bonds is 5. The lowest BCUT2D eigenvalue weighted by molar-refractivity contribution is 0.0754. The van der Waals surface area contributed by atoms with Crippen LogP contribution in [0.1, 0.15) is 36.7 Å². The highest BCUT2D eigenvalue weighted by Gasteiger charge is 2.20. The lowest BCUT2D eigenvalue weighted by Gasteiger charge is -2.27. The fourth-order valence-electron chi connectivity index (χ4n) is 2.79. The van der Waals surface area contributed by atoms with Gasteiger partial charge in [-0.2, -0.15) is 0 Å². The average molecular weight is 263 g/mol. The summed E-state index contributed by atoms with van der Waals surface area (Å²) in [6.45, 7) is 6.04. The molecule has 1 aromatic heterocycles. The van der Waals surface area contributed by atoms with E-state index in [0.29, 0.717) is 5.92 Å². The Hall–Kier alpha value is -1.29. The van der Waals surface area contributed by atoms with E-state index in [0.717, 1.165) is 38.3 Å². The third-order valence-corrected chi connectivity index (χ3v) is 3.79. The first-order valence-electron chi connectivity index (χ1n) is 7.33. The van der Waals surface area contributed by atoms with Gasteiger partial charge in [0.2, 0.25) is 0 Å². The fraction of sp³-hybridized carbons (Fsp3) is 0.667. The zero-order valence-corrected chi connectivity index (χ0v) is 12.1. The Morgan fingerprint density at radius 3 is 3.11 bits per heavy atom. The lowest BCUT2D eigenvalue weighted by Crippen LogP contribution is -2.39. The number of amides is 1. The predicted octanol–water partition coefficient (Wildman–Crippen LogP) is 1.97. The van der Waals surface area contributed by atoms with E-state index in [4.69, 9.17) is 0 Å². The Morgan fingerprint density at radius 1 is 1.58 bits per heavy atom. The maximum atomic E-state index is 12.5. The van der Waals surface area contributed by atoms with Gasteiger partial charge in [0.25, 0.3) is 5.91 Å². The summed E-state index contributed by atoms with van der Waals surface area (Å²) in [7, 11) is 1.92. The van der Waals surface area contributed by atoms with Crippen LogP contribution in [-0.2, 0) is 6.54 Å². The van der Waals surface area contributed by atoms with Crippen molar-refractivity contribution in [2.45, 2.75) is 32.7 Å². The summed E-state index contributed by atoms with van der Waals surface area (Å²) in [6.07, 6.45) is 5.48. The molecule has 0 spiro atoms. The highest BCUT2D eigenvalue weighted by atomic mass is 16.2. The quantitative estimate of drug-likeness (QED) is 0.882. The number of nitrogens with one attached hydrogen (secondary N) is 1. The average Bonchev–Trinajstić information content (AvgIpc) is 2.87. The van der Waals surface area contributed by atoms with Gasteiger partial charge in [0, 0.05) is 26.3 Å². The number of piperidine rings is 1. The minimum Gasteiger partial charge on any atom is -0.344 e. The van der Waals surface area contributed by atoms with Gasteiger partial charge in [-0.15, -0.1) is 0 Å². The number of aromatic nitrogens is 1. The molecule has 0 radical (unpaired) electrons. The third kappa shape index (κ3) is 3.60. The SMILES string of the molecule is CCCn1cccc1C(=O)N(C)CC1CCCNC1. The molecule has 4 heteroatoms. The third-order valence-electron chi connectivity index (χ3n) is 3.79. The fourth-order valence-corrected chi connectivity index (χ4v) is 2.79. The molecule has 0 aromatic carbocycles. The molecule has 1 saturated heterocycles. The maximum Gasteiger partial charge on any atom is 0.270 e. The van der Waals surface area contributed by atoms with Crippen molar-refractivity contribution < 1.29 is 4.79 Å². The molecule has 4 nitrogen and oxygen atoms in total. The molecule has 19 heavy (non-hydrogen) atoms. The topological polar surface area (TPSA) is 37.3 Å². The summed E-state index contributed by atoms with van der Waals surface area (Å²) in [5.41, 5.74) is 0.813. The molecule has 1 N–H and O–H groups in total. The number of aryl methyl sites for hydroxylation is 1. The molecule has 0 saturated carbocycles. The summed E-state index contributed by atoms with van der Waals surface area (Å²) in [6, 6.07) is 3.88. The van der Waals surface area contributed by atoms with Crippen molar-refractivity contribution in [2.75, 3.05) is 26.7 Å². The molecule has 1 atom stereocenters. The Bertz CT molecular complexity index is 407. The van der Waals surface area contributed by atoms with Crippen LogP contribution in [0.25, 0.3) is 0 Å². The normalized spacial score (nSPS) is 19.4. The number of nitrogens with zero attached hydrogens (tertiary/aromatic N) is 2. The summed E-state index contributed by atoms with van der Waals surface area (Å²) in [5, 5.41) is 3.40. The molecule has 106 valence electrons. The van der Waals surface area contributed by atoms with Crippen LogP contribution in [0.3, 0.4) is 0 Å². The van der Waals surface area contributed by atoms with Crippen LogP contribution >= 0.6 is 0 Å². The minimum absolute atomic E-state index is 0.143. The van der Waals surface area contributed by atoms with Gasteiger partial charge < -0.3 is 14.8 Å². The van der Waals surface area contributed by atoms with E-state index in [-0.39, 0.29) is 5.91 Å². The largest absolute Gasteiger partial charge is 0.344 e. The summed E-state index contributed by atoms with van der Waals surface area (Å²) in [4.78, 5) is 14.3. The first-order valence-corrected chi connectivity index (χ1v) is 7.33. The monoisotopic (exact) mass is 263 g/mol. The van der Waals surface area contributed by atoms with E-state index in [1.54, 1.807) is 0 Å². The Labute approximate surface area is 115 Å². The summed E-state index contributed by atoms with van der Waals surface area (Å²) < 4.78 is 2.05. The lowest BCUT2D eigenvalue weighted by atomic mass is 9.99. The first kappa shape index (κ1) is 14.1. The van der Waals surface area contributed by atoms with Crippen molar-refractivity contribution in [3.63, 3.8) is 0 Å². The summed E-state index contributed by atoms with van der Waals surface area (Å²) in [5.74, 6) is 0.737. The zero-order chi connectivity index (χ0) is 13.7. The van der Waals surface area contributed by atoms with E-state index in [9.17, 15) is 4.79 Å². The van der Waals surface area contributed by atoms with Gasteiger partial charge in [0.1, 0.15) is 5.69 Å². The highest BCUT2D eigenvalue weighted by molar-refractivity contribution is 5.92. The van der Waals surface area contributed by atoms with Crippen molar-refractivity contribution in [3.05, 3.63) is 24.0 Å². The van der Waals surface area contributed by atoms with Crippen LogP contribution < -0.4 is 5.32 Å². The van der Waals surface area contributed by atoms with E-state index in [1.165, 1.54) is 12.8 Å². The minimum atomic E-state index is 0.143. The Kier molecular flexibility index (Phi) is 5.02. The van der Waals surface area contributed by atoms with Gasteiger partial charge >= 0.3 is 0 Å². The van der Waals surface area contributed by atoms with Crippen molar-refractivity contribution in [3.8, 4) is 0 Å². The maximum absolute atomic E-state index is 12.5. The van der Waals surface area contributed by atoms with Gasteiger partial charge in [0.15, 0.2) is 0 Å². The molecule has 2 rings (SSSR count). The van der Waals surface area contributed by atoms with E-state index in [2.05, 4.69) is 16.8 Å². The van der Waals surface area contributed by atoms with Gasteiger partial charge in [-0.1, -0.05) is 6.92 Å². The summed E-state index contributed by atoms with van der Waals surface area (Å²) >= 11 is 0. The van der Waals surface area contributed by atoms with Crippen molar-refractivity contribution >= 4 is 5.91 Å². The number of carbonyl (C=O) groups is 1. The second-order valence-electron chi connectivity index (χ2n) is 5.48. The number of hydrogen-bond acceptors (Lipinski definition) is 2. The predicted molar refractivity (Wildman–Crippen MR) is 77.3 cm³/mol. The van der Waals surface area contributed by atoms with Crippen LogP contribution in [-0.4, -0.2) is 42.1 Å². The van der Waals surface area contributed by atoms with Crippen LogP contribution in [0.2, 0.25) is 0 Å². The molecular weight excluding hydrogens is 238 g/mol. The van der Waals surface area contributed by atoms with Gasteiger partial charge in [-0.05, 0) is 50.4 Å². The Morgan fingerprint density at radius 2 is 2.42 bits per heavy atom. The van der Waals surface area contributed by atoms with Crippen molar-refractivity contribution in [2.24, 2.45) is 5.92 Å². The van der Waals surface area contributed by atoms with E-state index < -0.39 is 0 Å². The van der Waals surface area contributed by atoms with E-state index >= 15 is 0 Å². The van der Waals surface area contributed by atoms with Crippen LogP contribution in [0.4, 0.5) is 0 Å². The standard InChI is InChI=1S/C15H25N3O/c1-3-9-18-10-5-7-14(18)15(19)17(2)12-13-6-4-8-16-11-13/h5,7,10,13,16H,3-4,6,8-9,11-12H2,1-2H3. The molecule has 2 heterocycles. The molecule has 1 amide bonds. The van der Waals surface area contributed by atoms with Gasteiger partial charge in [0.05, 0.1) is 0 Å². The molecule has 1 aliphatic rings. The van der Waals surface area contributed by atoms with Crippen LogP contribution in [0, 0.1) is 5.92 Å². The van der Waals surface area contributed by atoms with Crippen molar-refractivity contribution in [1.82, 2.24) is 14.8 Å². The molecule has 1 unspecified atom stereocenters. The molecule has 0 aliphatic carbocycles. The van der Waals surface area contributed by atoms with Crippen LogP contribution in [0.15, 0.2) is 18.3 Å². The van der Waals surface area contributed by atoms with Crippen LogP contribution in [0.5, 0.6) is 0 Å². The van der Waals surface area contributed by atoms with E-state index in [1.807, 2.05) is 30.3 Å². The molecule has 1 fully saturated rings. The second kappa shape index (κ2) is 6.75. The Balaban J connectivity index is 1.95. The first-order chi connectivity index (χ1) is 9.22. The smallest absolute Gasteiger partial charge is 0.270 e. The van der Waals surface area contributed by atoms with Gasteiger partial charge in [-0.3, -0.25) is 4.79 Å². The zero-order valence-electron chi connectivity index (χ0n) is 12.1. The number of hydrogen-bond donors (Lipinski definition) is 1. The second-order valence-corrected chi connectivity index (χ2v) is 5.48. The molecule has 1 aliphatic heterocycles. The van der Waals surface area contributed by atoms with Gasteiger partial charge in [-0.25, -0.2) is 0 Å². The molecular formula is C15H25N3O. The highest BCUT2D eigenvalue weighted by Crippen LogP contribution is 2.13. The number of carbonyl (C=O) groups excluding carboxylic acids is 1. The molecule has 0 bridgehead atoms. The molecule has 1 aromatic rings. The van der Waals surface area contributed by atoms with Crippen molar-refractivity contribution in [1.29, 1.82) is 0 Å².